The molecule has 1 heterocycles. The van der Waals surface area contributed by atoms with Crippen LogP contribution in [0, 0.1) is 17.5 Å². The van der Waals surface area contributed by atoms with Gasteiger partial charge >= 0.3 is 0 Å². The van der Waals surface area contributed by atoms with Crippen LogP contribution in [-0.2, 0) is 13.5 Å². The summed E-state index contributed by atoms with van der Waals surface area (Å²) in [5, 5.41) is 13.6. The van der Waals surface area contributed by atoms with E-state index < -0.39 is 23.6 Å². The van der Waals surface area contributed by atoms with Gasteiger partial charge in [-0.25, -0.2) is 18.2 Å². The lowest BCUT2D eigenvalue weighted by Crippen LogP contribution is -2.09. The van der Waals surface area contributed by atoms with Crippen molar-refractivity contribution in [3.8, 4) is 0 Å². The summed E-state index contributed by atoms with van der Waals surface area (Å²) in [5.74, 6) is -3.76. The summed E-state index contributed by atoms with van der Waals surface area (Å²) in [7, 11) is 1.63. The molecule has 1 unspecified atom stereocenters. The topological polar surface area (TPSA) is 50.9 Å². The van der Waals surface area contributed by atoms with Crippen LogP contribution < -0.4 is 0 Å². The first-order chi connectivity index (χ1) is 8.49. The first kappa shape index (κ1) is 12.6. The van der Waals surface area contributed by atoms with Crippen molar-refractivity contribution in [1.82, 2.24) is 14.8 Å². The molecule has 0 aliphatic carbocycles. The molecular formula is C11H10F3N3O. The first-order valence-corrected chi connectivity index (χ1v) is 5.14. The van der Waals surface area contributed by atoms with Gasteiger partial charge in [0.15, 0.2) is 17.5 Å². The molecule has 18 heavy (non-hydrogen) atoms. The van der Waals surface area contributed by atoms with Crippen LogP contribution in [0.2, 0.25) is 0 Å². The molecule has 0 saturated carbocycles. The van der Waals surface area contributed by atoms with E-state index >= 15 is 0 Å². The Hall–Kier alpha value is -1.89. The van der Waals surface area contributed by atoms with E-state index in [1.165, 1.54) is 11.0 Å². The zero-order valence-corrected chi connectivity index (χ0v) is 9.44. The Kier molecular flexibility index (Phi) is 3.33. The molecule has 1 aromatic carbocycles. The quantitative estimate of drug-likeness (QED) is 0.848. The van der Waals surface area contributed by atoms with Crippen molar-refractivity contribution in [3.05, 3.63) is 47.3 Å². The highest BCUT2D eigenvalue weighted by Gasteiger charge is 2.17. The number of aryl methyl sites for hydroxylation is 1. The minimum Gasteiger partial charge on any atom is -0.388 e. The lowest BCUT2D eigenvalue weighted by Gasteiger charge is -2.11. The lowest BCUT2D eigenvalue weighted by atomic mass is 10.1. The summed E-state index contributed by atoms with van der Waals surface area (Å²) in [6, 6.07) is 1.53. The van der Waals surface area contributed by atoms with Gasteiger partial charge in [0.05, 0.1) is 6.10 Å². The number of rotatable bonds is 3. The Morgan fingerprint density at radius 2 is 1.89 bits per heavy atom. The number of aromatic nitrogens is 3. The second kappa shape index (κ2) is 4.77. The number of aliphatic hydroxyl groups excluding tert-OH is 1. The minimum absolute atomic E-state index is 0.0288. The van der Waals surface area contributed by atoms with Gasteiger partial charge in [0.25, 0.3) is 0 Å². The molecule has 0 aliphatic rings. The maximum Gasteiger partial charge on any atom is 0.194 e. The third kappa shape index (κ3) is 2.35. The maximum atomic E-state index is 13.0. The second-order valence-corrected chi connectivity index (χ2v) is 3.82. The average Bonchev–Trinajstić information content (AvgIpc) is 2.71. The molecule has 0 spiro atoms. The summed E-state index contributed by atoms with van der Waals surface area (Å²) in [5.41, 5.74) is -0.0469. The Balaban J connectivity index is 2.24. The highest BCUT2D eigenvalue weighted by atomic mass is 19.2. The first-order valence-electron chi connectivity index (χ1n) is 5.14. The maximum absolute atomic E-state index is 13.0. The molecule has 1 N–H and O–H groups in total. The van der Waals surface area contributed by atoms with Gasteiger partial charge in [-0.2, -0.15) is 5.10 Å². The standard InChI is InChI=1S/C11H10F3N3O/c1-17-10(15-5-16-17)4-9(18)6-2-7(12)11(14)8(13)3-6/h2-3,5,9,18H,4H2,1H3. The van der Waals surface area contributed by atoms with E-state index in [2.05, 4.69) is 10.1 Å². The molecule has 1 aromatic heterocycles. The highest BCUT2D eigenvalue weighted by molar-refractivity contribution is 5.22. The summed E-state index contributed by atoms with van der Waals surface area (Å²) in [6.45, 7) is 0. The van der Waals surface area contributed by atoms with Crippen LogP contribution in [0.15, 0.2) is 18.5 Å². The number of halogens is 3. The summed E-state index contributed by atoms with van der Waals surface area (Å²) >= 11 is 0. The number of nitrogens with zero attached hydrogens (tertiary/aromatic N) is 3. The largest absolute Gasteiger partial charge is 0.388 e. The Morgan fingerprint density at radius 1 is 1.28 bits per heavy atom. The molecule has 0 fully saturated rings. The van der Waals surface area contributed by atoms with Crippen LogP contribution >= 0.6 is 0 Å². The van der Waals surface area contributed by atoms with Gasteiger partial charge in [-0.05, 0) is 17.7 Å². The van der Waals surface area contributed by atoms with Crippen molar-refractivity contribution in [2.75, 3.05) is 0 Å². The molecule has 1 atom stereocenters. The predicted octanol–water partition coefficient (Wildman–Crippen LogP) is 1.51. The molecule has 0 aliphatic heterocycles. The van der Waals surface area contributed by atoms with E-state index in [9.17, 15) is 18.3 Å². The smallest absolute Gasteiger partial charge is 0.194 e. The number of hydrogen-bond donors (Lipinski definition) is 1. The van der Waals surface area contributed by atoms with Crippen molar-refractivity contribution >= 4 is 0 Å². The molecule has 0 amide bonds. The van der Waals surface area contributed by atoms with Gasteiger partial charge in [0.1, 0.15) is 12.2 Å². The van der Waals surface area contributed by atoms with Gasteiger partial charge in [-0.1, -0.05) is 0 Å². The number of hydrogen-bond acceptors (Lipinski definition) is 3. The average molecular weight is 257 g/mol. The third-order valence-corrected chi connectivity index (χ3v) is 2.57. The zero-order chi connectivity index (χ0) is 13.3. The molecule has 7 heteroatoms. The molecule has 2 rings (SSSR count). The Bertz CT molecular complexity index is 547. The van der Waals surface area contributed by atoms with E-state index in [1.54, 1.807) is 7.05 Å². The molecular weight excluding hydrogens is 247 g/mol. The summed E-state index contributed by atoms with van der Waals surface area (Å²) < 4.78 is 40.2. The molecule has 0 saturated heterocycles. The van der Waals surface area contributed by atoms with Gasteiger partial charge in [0, 0.05) is 13.5 Å². The van der Waals surface area contributed by atoms with Gasteiger partial charge in [0.2, 0.25) is 0 Å². The van der Waals surface area contributed by atoms with Crippen molar-refractivity contribution in [2.24, 2.45) is 7.05 Å². The van der Waals surface area contributed by atoms with E-state index in [0.29, 0.717) is 5.82 Å². The van der Waals surface area contributed by atoms with E-state index in [1.807, 2.05) is 0 Å². The monoisotopic (exact) mass is 257 g/mol. The van der Waals surface area contributed by atoms with E-state index in [-0.39, 0.29) is 12.0 Å². The summed E-state index contributed by atoms with van der Waals surface area (Å²) in [6.07, 6.45) is 0.145. The van der Waals surface area contributed by atoms with Crippen LogP contribution in [0.1, 0.15) is 17.5 Å². The Labute approximate surface area is 101 Å². The molecule has 0 bridgehead atoms. The second-order valence-electron chi connectivity index (χ2n) is 3.82. The molecule has 0 radical (unpaired) electrons. The minimum atomic E-state index is -1.55. The Morgan fingerprint density at radius 3 is 2.39 bits per heavy atom. The normalized spacial score (nSPS) is 12.7. The van der Waals surface area contributed by atoms with Gasteiger partial charge < -0.3 is 5.11 Å². The highest BCUT2D eigenvalue weighted by Crippen LogP contribution is 2.21. The molecule has 4 nitrogen and oxygen atoms in total. The molecule has 96 valence electrons. The third-order valence-electron chi connectivity index (χ3n) is 2.57. The fourth-order valence-electron chi connectivity index (χ4n) is 1.56. The van der Waals surface area contributed by atoms with Crippen LogP contribution in [0.3, 0.4) is 0 Å². The van der Waals surface area contributed by atoms with Crippen molar-refractivity contribution in [2.45, 2.75) is 12.5 Å². The van der Waals surface area contributed by atoms with Gasteiger partial charge in [-0.3, -0.25) is 4.68 Å². The van der Waals surface area contributed by atoms with E-state index in [4.69, 9.17) is 0 Å². The van der Waals surface area contributed by atoms with Crippen LogP contribution in [0.5, 0.6) is 0 Å². The van der Waals surface area contributed by atoms with Crippen molar-refractivity contribution < 1.29 is 18.3 Å². The predicted molar refractivity (Wildman–Crippen MR) is 56.0 cm³/mol. The zero-order valence-electron chi connectivity index (χ0n) is 9.44. The van der Waals surface area contributed by atoms with Crippen LogP contribution in [0.25, 0.3) is 0 Å². The van der Waals surface area contributed by atoms with Crippen molar-refractivity contribution in [1.29, 1.82) is 0 Å². The fraction of sp³-hybridized carbons (Fsp3) is 0.273. The fourth-order valence-corrected chi connectivity index (χ4v) is 1.56. The summed E-state index contributed by atoms with van der Waals surface area (Å²) in [4.78, 5) is 3.87. The van der Waals surface area contributed by atoms with Crippen LogP contribution in [0.4, 0.5) is 13.2 Å². The molecule has 2 aromatic rings. The van der Waals surface area contributed by atoms with Crippen molar-refractivity contribution in [3.63, 3.8) is 0 Å². The van der Waals surface area contributed by atoms with Crippen LogP contribution in [-0.4, -0.2) is 19.9 Å². The van der Waals surface area contributed by atoms with E-state index in [0.717, 1.165) is 12.1 Å². The number of aliphatic hydroxyl groups is 1. The van der Waals surface area contributed by atoms with Gasteiger partial charge in [-0.15, -0.1) is 0 Å². The lowest BCUT2D eigenvalue weighted by molar-refractivity contribution is 0.173. The SMILES string of the molecule is Cn1ncnc1CC(O)c1cc(F)c(F)c(F)c1. The number of benzene rings is 1.